The molecule has 0 unspecified atom stereocenters. The highest BCUT2D eigenvalue weighted by Crippen LogP contribution is 2.17. The van der Waals surface area contributed by atoms with Crippen molar-refractivity contribution in [3.05, 3.63) is 59.9 Å². The summed E-state index contributed by atoms with van der Waals surface area (Å²) in [5.41, 5.74) is 2.50. The molecule has 1 aromatic heterocycles. The first-order chi connectivity index (χ1) is 8.38. The van der Waals surface area contributed by atoms with Gasteiger partial charge in [-0.2, -0.15) is 0 Å². The number of aromatic nitrogens is 1. The van der Waals surface area contributed by atoms with E-state index < -0.39 is 0 Å². The Labute approximate surface area is 107 Å². The van der Waals surface area contributed by atoms with Crippen molar-refractivity contribution in [2.24, 2.45) is 0 Å². The Morgan fingerprint density at radius 3 is 2.53 bits per heavy atom. The number of nitrogens with zero attached hydrogens (tertiary/aromatic N) is 1. The largest absolute Gasteiger partial charge is 0.261 e. The zero-order chi connectivity index (χ0) is 11.9. The summed E-state index contributed by atoms with van der Waals surface area (Å²) in [5, 5.41) is 0. The summed E-state index contributed by atoms with van der Waals surface area (Å²) in [5.74, 6) is 1.09. The number of hydrogen-bond acceptors (Lipinski definition) is 2. The lowest BCUT2D eigenvalue weighted by atomic mass is 10.2. The quantitative estimate of drug-likeness (QED) is 0.737. The van der Waals surface area contributed by atoms with Gasteiger partial charge in [-0.25, -0.2) is 0 Å². The van der Waals surface area contributed by atoms with Crippen LogP contribution in [0.5, 0.6) is 0 Å². The molecule has 17 heavy (non-hydrogen) atoms. The number of pyridine rings is 1. The van der Waals surface area contributed by atoms with E-state index in [-0.39, 0.29) is 0 Å². The van der Waals surface area contributed by atoms with Crippen molar-refractivity contribution in [3.63, 3.8) is 0 Å². The van der Waals surface area contributed by atoms with Gasteiger partial charge < -0.3 is 0 Å². The molecule has 0 saturated heterocycles. The van der Waals surface area contributed by atoms with Crippen LogP contribution in [0.2, 0.25) is 0 Å². The number of hydrogen-bond donors (Lipinski definition) is 0. The lowest BCUT2D eigenvalue weighted by Gasteiger charge is -2.02. The van der Waals surface area contributed by atoms with Gasteiger partial charge in [0.1, 0.15) is 0 Å². The molecule has 0 spiro atoms. The minimum Gasteiger partial charge on any atom is -0.261 e. The Hall–Kier alpha value is -1.28. The van der Waals surface area contributed by atoms with Crippen LogP contribution in [0.3, 0.4) is 0 Å². The van der Waals surface area contributed by atoms with E-state index in [9.17, 15) is 0 Å². The Bertz CT molecular complexity index is 436. The van der Waals surface area contributed by atoms with Crippen LogP contribution in [0.25, 0.3) is 0 Å². The number of benzene rings is 1. The molecule has 88 valence electrons. The van der Waals surface area contributed by atoms with Crippen molar-refractivity contribution in [1.29, 1.82) is 0 Å². The van der Waals surface area contributed by atoms with Gasteiger partial charge in [0.15, 0.2) is 0 Å². The summed E-state index contributed by atoms with van der Waals surface area (Å²) >= 11 is 1.89. The van der Waals surface area contributed by atoms with Crippen LogP contribution in [-0.4, -0.2) is 10.7 Å². The summed E-state index contributed by atoms with van der Waals surface area (Å²) in [6.07, 6.45) is 4.08. The fourth-order valence-corrected chi connectivity index (χ4v) is 2.50. The summed E-state index contributed by atoms with van der Waals surface area (Å²) in [7, 11) is 0. The molecule has 2 rings (SSSR count). The molecular weight excluding hydrogens is 226 g/mol. The zero-order valence-electron chi connectivity index (χ0n) is 10.1. The maximum atomic E-state index is 4.47. The summed E-state index contributed by atoms with van der Waals surface area (Å²) in [6.45, 7) is 2.15. The van der Waals surface area contributed by atoms with Gasteiger partial charge in [-0.15, -0.1) is 11.8 Å². The molecule has 0 saturated carbocycles. The molecule has 0 amide bonds. The van der Waals surface area contributed by atoms with E-state index >= 15 is 0 Å². The van der Waals surface area contributed by atoms with Crippen LogP contribution in [0, 0.1) is 0 Å². The van der Waals surface area contributed by atoms with Crippen molar-refractivity contribution in [1.82, 2.24) is 4.98 Å². The van der Waals surface area contributed by atoms with Gasteiger partial charge in [0, 0.05) is 22.5 Å². The molecule has 0 aliphatic rings. The third-order valence-corrected chi connectivity index (χ3v) is 3.68. The molecule has 0 fully saturated rings. The third kappa shape index (κ3) is 3.90. The molecule has 0 radical (unpaired) electrons. The van der Waals surface area contributed by atoms with E-state index in [1.54, 1.807) is 0 Å². The van der Waals surface area contributed by atoms with Crippen molar-refractivity contribution in [3.8, 4) is 0 Å². The van der Waals surface area contributed by atoms with Crippen molar-refractivity contribution in [2.75, 3.05) is 5.75 Å². The minimum atomic E-state index is 1.03. The van der Waals surface area contributed by atoms with E-state index in [0.29, 0.717) is 0 Å². The second kappa shape index (κ2) is 6.45. The topological polar surface area (TPSA) is 12.9 Å². The van der Waals surface area contributed by atoms with Gasteiger partial charge >= 0.3 is 0 Å². The van der Waals surface area contributed by atoms with Gasteiger partial charge in [-0.3, -0.25) is 4.98 Å². The van der Waals surface area contributed by atoms with Crippen molar-refractivity contribution >= 4 is 11.8 Å². The van der Waals surface area contributed by atoms with E-state index in [0.717, 1.165) is 18.6 Å². The molecule has 0 aliphatic carbocycles. The standard InChI is InChI=1S/C15H17NS/c1-2-13-8-9-14(16-12-13)10-11-17-15-6-4-3-5-7-15/h3-9,12H,2,10-11H2,1H3. The molecular formula is C15H17NS. The average molecular weight is 243 g/mol. The van der Waals surface area contributed by atoms with Crippen LogP contribution in [-0.2, 0) is 12.8 Å². The first kappa shape index (κ1) is 12.2. The van der Waals surface area contributed by atoms with Gasteiger partial charge in [-0.1, -0.05) is 31.2 Å². The van der Waals surface area contributed by atoms with Gasteiger partial charge in [0.2, 0.25) is 0 Å². The predicted octanol–water partition coefficient (Wildman–Crippen LogP) is 3.98. The minimum absolute atomic E-state index is 1.03. The fourth-order valence-electron chi connectivity index (χ4n) is 1.60. The van der Waals surface area contributed by atoms with Gasteiger partial charge in [0.25, 0.3) is 0 Å². The summed E-state index contributed by atoms with van der Waals surface area (Å²) < 4.78 is 0. The van der Waals surface area contributed by atoms with Crippen LogP contribution < -0.4 is 0 Å². The third-order valence-electron chi connectivity index (χ3n) is 2.66. The molecule has 1 nitrogen and oxygen atoms in total. The van der Waals surface area contributed by atoms with Crippen molar-refractivity contribution in [2.45, 2.75) is 24.7 Å². The fraction of sp³-hybridized carbons (Fsp3) is 0.267. The molecule has 0 N–H and O–H groups in total. The van der Waals surface area contributed by atoms with Gasteiger partial charge in [-0.05, 0) is 36.6 Å². The number of thioether (sulfide) groups is 1. The van der Waals surface area contributed by atoms with Gasteiger partial charge in [0.05, 0.1) is 0 Å². The smallest absolute Gasteiger partial charge is 0.0412 e. The van der Waals surface area contributed by atoms with E-state index in [1.807, 2.05) is 18.0 Å². The Morgan fingerprint density at radius 1 is 1.06 bits per heavy atom. The maximum absolute atomic E-state index is 4.47. The molecule has 0 aliphatic heterocycles. The molecule has 0 atom stereocenters. The summed E-state index contributed by atoms with van der Waals surface area (Å²) in [6, 6.07) is 14.8. The zero-order valence-corrected chi connectivity index (χ0v) is 10.9. The maximum Gasteiger partial charge on any atom is 0.0412 e. The SMILES string of the molecule is CCc1ccc(CCSc2ccccc2)nc1. The molecule has 0 bridgehead atoms. The number of rotatable bonds is 5. The lowest BCUT2D eigenvalue weighted by molar-refractivity contribution is 1.01. The molecule has 1 heterocycles. The second-order valence-electron chi connectivity index (χ2n) is 3.92. The Kier molecular flexibility index (Phi) is 4.63. The van der Waals surface area contributed by atoms with Crippen LogP contribution >= 0.6 is 11.8 Å². The number of aryl methyl sites for hydroxylation is 2. The lowest BCUT2D eigenvalue weighted by Crippen LogP contribution is -1.93. The monoisotopic (exact) mass is 243 g/mol. The van der Waals surface area contributed by atoms with Crippen molar-refractivity contribution < 1.29 is 0 Å². The molecule has 1 aromatic carbocycles. The molecule has 2 heteroatoms. The first-order valence-corrected chi connectivity index (χ1v) is 6.98. The van der Waals surface area contributed by atoms with Crippen LogP contribution in [0.15, 0.2) is 53.6 Å². The van der Waals surface area contributed by atoms with E-state index in [4.69, 9.17) is 0 Å². The normalized spacial score (nSPS) is 10.4. The van der Waals surface area contributed by atoms with E-state index in [2.05, 4.69) is 54.4 Å². The highest BCUT2D eigenvalue weighted by atomic mass is 32.2. The highest BCUT2D eigenvalue weighted by molar-refractivity contribution is 7.99. The summed E-state index contributed by atoms with van der Waals surface area (Å²) in [4.78, 5) is 5.80. The first-order valence-electron chi connectivity index (χ1n) is 6.00. The van der Waals surface area contributed by atoms with Crippen LogP contribution in [0.1, 0.15) is 18.2 Å². The molecule has 2 aromatic rings. The highest BCUT2D eigenvalue weighted by Gasteiger charge is 1.97. The Morgan fingerprint density at radius 2 is 1.88 bits per heavy atom. The predicted molar refractivity (Wildman–Crippen MR) is 74.5 cm³/mol. The second-order valence-corrected chi connectivity index (χ2v) is 5.09. The van der Waals surface area contributed by atoms with Crippen LogP contribution in [0.4, 0.5) is 0 Å². The average Bonchev–Trinajstić information content (AvgIpc) is 2.41. The van der Waals surface area contributed by atoms with E-state index in [1.165, 1.54) is 16.2 Å². The Balaban J connectivity index is 1.82.